The van der Waals surface area contributed by atoms with Crippen molar-refractivity contribution in [1.82, 2.24) is 5.32 Å². The largest absolute Gasteiger partial charge is 0.317 e. The van der Waals surface area contributed by atoms with Crippen LogP contribution in [0.3, 0.4) is 0 Å². The molecule has 21 heavy (non-hydrogen) atoms. The standard InChI is InChI=1S/C18H21BrClN/c1-13-5-3-4-6-14(13)8-10-17(21-2)11-15-7-9-16(19)12-18(15)20/h3-7,9,12,17,21H,8,10-11H2,1-2H3. The molecular weight excluding hydrogens is 346 g/mol. The molecule has 1 nitrogen and oxygen atoms in total. The lowest BCUT2D eigenvalue weighted by atomic mass is 9.97. The van der Waals surface area contributed by atoms with Crippen LogP contribution in [0.5, 0.6) is 0 Å². The van der Waals surface area contributed by atoms with E-state index in [1.54, 1.807) is 0 Å². The average Bonchev–Trinajstić information content (AvgIpc) is 2.47. The average molecular weight is 367 g/mol. The number of rotatable bonds is 6. The second-order valence-electron chi connectivity index (χ2n) is 5.39. The number of hydrogen-bond donors (Lipinski definition) is 1. The van der Waals surface area contributed by atoms with Gasteiger partial charge in [-0.2, -0.15) is 0 Å². The quantitative estimate of drug-likeness (QED) is 0.743. The molecule has 0 heterocycles. The van der Waals surface area contributed by atoms with Crippen LogP contribution in [-0.4, -0.2) is 13.1 Å². The van der Waals surface area contributed by atoms with E-state index in [0.717, 1.165) is 28.8 Å². The zero-order valence-corrected chi connectivity index (χ0v) is 14.8. The molecular formula is C18H21BrClN. The molecule has 0 aromatic heterocycles. The molecule has 112 valence electrons. The van der Waals surface area contributed by atoms with Gasteiger partial charge in [0, 0.05) is 15.5 Å². The second kappa shape index (κ2) is 7.98. The summed E-state index contributed by atoms with van der Waals surface area (Å²) < 4.78 is 1.03. The molecule has 0 bridgehead atoms. The van der Waals surface area contributed by atoms with Crippen molar-refractivity contribution in [3.8, 4) is 0 Å². The molecule has 1 N–H and O–H groups in total. The van der Waals surface area contributed by atoms with Gasteiger partial charge >= 0.3 is 0 Å². The third-order valence-electron chi connectivity index (χ3n) is 3.91. The molecule has 0 aliphatic carbocycles. The lowest BCUT2D eigenvalue weighted by Crippen LogP contribution is -2.28. The Morgan fingerprint density at radius 2 is 1.90 bits per heavy atom. The van der Waals surface area contributed by atoms with Gasteiger partial charge in [0.15, 0.2) is 0 Å². The van der Waals surface area contributed by atoms with Crippen LogP contribution in [0.4, 0.5) is 0 Å². The Kier molecular flexibility index (Phi) is 6.28. The zero-order valence-electron chi connectivity index (χ0n) is 12.5. The third-order valence-corrected chi connectivity index (χ3v) is 4.76. The predicted molar refractivity (Wildman–Crippen MR) is 95.2 cm³/mol. The molecule has 0 spiro atoms. The topological polar surface area (TPSA) is 12.0 Å². The molecule has 2 aromatic rings. The highest BCUT2D eigenvalue weighted by molar-refractivity contribution is 9.10. The first-order valence-electron chi connectivity index (χ1n) is 7.26. The SMILES string of the molecule is CNC(CCc1ccccc1C)Cc1ccc(Br)cc1Cl. The monoisotopic (exact) mass is 365 g/mol. The Morgan fingerprint density at radius 1 is 1.14 bits per heavy atom. The Balaban J connectivity index is 1.99. The maximum Gasteiger partial charge on any atom is 0.0449 e. The molecule has 0 aliphatic rings. The van der Waals surface area contributed by atoms with Crippen molar-refractivity contribution in [1.29, 1.82) is 0 Å². The van der Waals surface area contributed by atoms with E-state index in [1.807, 2.05) is 13.1 Å². The number of halogens is 2. The van der Waals surface area contributed by atoms with Crippen LogP contribution in [0.1, 0.15) is 23.1 Å². The predicted octanol–water partition coefficient (Wildman–Crippen LogP) is 5.17. The van der Waals surface area contributed by atoms with Crippen LogP contribution in [0.2, 0.25) is 5.02 Å². The Morgan fingerprint density at radius 3 is 2.57 bits per heavy atom. The van der Waals surface area contributed by atoms with Crippen LogP contribution in [0.15, 0.2) is 46.9 Å². The van der Waals surface area contributed by atoms with E-state index in [2.05, 4.69) is 64.6 Å². The van der Waals surface area contributed by atoms with Gasteiger partial charge in [-0.15, -0.1) is 0 Å². The summed E-state index contributed by atoms with van der Waals surface area (Å²) in [5.74, 6) is 0. The van der Waals surface area contributed by atoms with Crippen molar-refractivity contribution < 1.29 is 0 Å². The molecule has 0 amide bonds. The zero-order chi connectivity index (χ0) is 15.2. The van der Waals surface area contributed by atoms with Crippen molar-refractivity contribution in [3.05, 3.63) is 68.7 Å². The van der Waals surface area contributed by atoms with E-state index in [0.29, 0.717) is 6.04 Å². The number of hydrogen-bond acceptors (Lipinski definition) is 1. The highest BCUT2D eigenvalue weighted by Gasteiger charge is 2.11. The van der Waals surface area contributed by atoms with Gasteiger partial charge in [-0.1, -0.05) is 57.9 Å². The van der Waals surface area contributed by atoms with E-state index in [4.69, 9.17) is 11.6 Å². The summed E-state index contributed by atoms with van der Waals surface area (Å²) >= 11 is 9.76. The van der Waals surface area contributed by atoms with E-state index >= 15 is 0 Å². The first kappa shape index (κ1) is 16.5. The van der Waals surface area contributed by atoms with Gasteiger partial charge in [0.2, 0.25) is 0 Å². The number of aryl methyl sites for hydroxylation is 2. The molecule has 0 fully saturated rings. The Bertz CT molecular complexity index is 598. The van der Waals surface area contributed by atoms with Gasteiger partial charge in [-0.25, -0.2) is 0 Å². The van der Waals surface area contributed by atoms with Crippen molar-refractivity contribution in [2.24, 2.45) is 0 Å². The second-order valence-corrected chi connectivity index (χ2v) is 6.71. The van der Waals surface area contributed by atoms with Gasteiger partial charge in [0.05, 0.1) is 0 Å². The molecule has 2 aromatic carbocycles. The van der Waals surface area contributed by atoms with E-state index < -0.39 is 0 Å². The lowest BCUT2D eigenvalue weighted by molar-refractivity contribution is 0.520. The normalized spacial score (nSPS) is 12.4. The molecule has 1 atom stereocenters. The summed E-state index contributed by atoms with van der Waals surface area (Å²) in [4.78, 5) is 0. The highest BCUT2D eigenvalue weighted by Crippen LogP contribution is 2.23. The fourth-order valence-corrected chi connectivity index (χ4v) is 3.27. The van der Waals surface area contributed by atoms with E-state index in [-0.39, 0.29) is 0 Å². The van der Waals surface area contributed by atoms with Crippen LogP contribution >= 0.6 is 27.5 Å². The summed E-state index contributed by atoms with van der Waals surface area (Å²) in [6.07, 6.45) is 3.15. The maximum atomic E-state index is 6.32. The van der Waals surface area contributed by atoms with Crippen molar-refractivity contribution in [3.63, 3.8) is 0 Å². The third kappa shape index (κ3) is 4.84. The first-order chi connectivity index (χ1) is 10.1. The minimum atomic E-state index is 0.434. The fraction of sp³-hybridized carbons (Fsp3) is 0.333. The van der Waals surface area contributed by atoms with Crippen molar-refractivity contribution in [2.45, 2.75) is 32.2 Å². The molecule has 0 aliphatic heterocycles. The summed E-state index contributed by atoms with van der Waals surface area (Å²) in [6, 6.07) is 15.1. The van der Waals surface area contributed by atoms with Gasteiger partial charge < -0.3 is 5.32 Å². The molecule has 0 saturated heterocycles. The minimum Gasteiger partial charge on any atom is -0.317 e. The summed E-state index contributed by atoms with van der Waals surface area (Å²) in [6.45, 7) is 2.18. The van der Waals surface area contributed by atoms with Crippen molar-refractivity contribution in [2.75, 3.05) is 7.05 Å². The van der Waals surface area contributed by atoms with Crippen molar-refractivity contribution >= 4 is 27.5 Å². The first-order valence-corrected chi connectivity index (χ1v) is 8.43. The highest BCUT2D eigenvalue weighted by atomic mass is 79.9. The maximum absolute atomic E-state index is 6.32. The van der Waals surface area contributed by atoms with Crippen LogP contribution < -0.4 is 5.32 Å². The summed E-state index contributed by atoms with van der Waals surface area (Å²) in [5.41, 5.74) is 4.00. The fourth-order valence-electron chi connectivity index (χ4n) is 2.52. The van der Waals surface area contributed by atoms with Crippen LogP contribution in [0, 0.1) is 6.92 Å². The number of benzene rings is 2. The van der Waals surface area contributed by atoms with Crippen LogP contribution in [0.25, 0.3) is 0 Å². The van der Waals surface area contributed by atoms with Gasteiger partial charge in [0.1, 0.15) is 0 Å². The van der Waals surface area contributed by atoms with E-state index in [9.17, 15) is 0 Å². The molecule has 2 rings (SSSR count). The van der Waals surface area contributed by atoms with Gasteiger partial charge in [0.25, 0.3) is 0 Å². The molecule has 3 heteroatoms. The minimum absolute atomic E-state index is 0.434. The molecule has 0 radical (unpaired) electrons. The Hall–Kier alpha value is -0.830. The lowest BCUT2D eigenvalue weighted by Gasteiger charge is -2.18. The molecule has 0 saturated carbocycles. The summed E-state index contributed by atoms with van der Waals surface area (Å²) in [7, 11) is 2.02. The number of nitrogens with one attached hydrogen (secondary N) is 1. The Labute approximate surface area is 140 Å². The number of likely N-dealkylation sites (N-methyl/N-ethyl adjacent to an activating group) is 1. The van der Waals surface area contributed by atoms with Gasteiger partial charge in [-0.3, -0.25) is 0 Å². The van der Waals surface area contributed by atoms with Crippen LogP contribution in [-0.2, 0) is 12.8 Å². The van der Waals surface area contributed by atoms with E-state index in [1.165, 1.54) is 16.7 Å². The smallest absolute Gasteiger partial charge is 0.0449 e. The van der Waals surface area contributed by atoms with Gasteiger partial charge in [-0.05, 0) is 62.1 Å². The summed E-state index contributed by atoms with van der Waals surface area (Å²) in [5, 5.41) is 4.25. The molecule has 1 unspecified atom stereocenters.